The maximum Gasteiger partial charge on any atom is 0.491 e. The van der Waals surface area contributed by atoms with Gasteiger partial charge in [0.05, 0.1) is 39.6 Å². The van der Waals surface area contributed by atoms with E-state index < -0.39 is 29.7 Å². The van der Waals surface area contributed by atoms with E-state index in [1.54, 1.807) is 43.3 Å². The number of halogens is 3. The summed E-state index contributed by atoms with van der Waals surface area (Å²) in [4.78, 5) is 82.3. The fourth-order valence-corrected chi connectivity index (χ4v) is 12.4. The van der Waals surface area contributed by atoms with Crippen molar-refractivity contribution in [3.8, 4) is 16.9 Å². The maximum absolute atomic E-state index is 13.7. The first kappa shape index (κ1) is 53.3. The number of esters is 2. The first-order valence-corrected chi connectivity index (χ1v) is 27.6. The second-order valence-corrected chi connectivity index (χ2v) is 21.7. The van der Waals surface area contributed by atoms with Crippen LogP contribution in [0, 0.1) is 12.8 Å². The molecule has 3 fully saturated rings. The van der Waals surface area contributed by atoms with Crippen LogP contribution in [0.25, 0.3) is 32.2 Å². The van der Waals surface area contributed by atoms with Crippen LogP contribution in [0.4, 0.5) is 29.8 Å². The summed E-state index contributed by atoms with van der Waals surface area (Å²) < 4.78 is 53.9. The number of alkyl halides is 3. The Morgan fingerprint density at radius 2 is 1.58 bits per heavy atom. The van der Waals surface area contributed by atoms with Gasteiger partial charge in [-0.15, -0.1) is 0 Å². The molecule has 3 amide bonds. The van der Waals surface area contributed by atoms with Crippen molar-refractivity contribution in [1.82, 2.24) is 34.9 Å². The largest absolute Gasteiger partial charge is 0.493 e. The minimum atomic E-state index is -5.42. The Morgan fingerprint density at radius 3 is 2.37 bits per heavy atom. The molecule has 21 heteroatoms. The van der Waals surface area contributed by atoms with E-state index in [9.17, 15) is 37.1 Å². The van der Waals surface area contributed by atoms with Gasteiger partial charge in [-0.1, -0.05) is 59.9 Å². The topological polar surface area (TPSA) is 184 Å². The molecule has 1 atom stereocenters. The van der Waals surface area contributed by atoms with Crippen molar-refractivity contribution in [1.29, 1.82) is 0 Å². The number of amides is 3. The molecule has 3 aromatic heterocycles. The molecule has 0 bridgehead atoms. The number of carbonyl (C=O) groups excluding carboxylic acids is 5. The number of nitrogens with zero attached hydrogens (tertiary/aromatic N) is 8. The Labute approximate surface area is 457 Å². The minimum absolute atomic E-state index is 0.160. The number of imide groups is 1. The van der Waals surface area contributed by atoms with Gasteiger partial charge in [0.15, 0.2) is 10.8 Å². The zero-order valence-electron chi connectivity index (χ0n) is 43.8. The third-order valence-electron chi connectivity index (χ3n) is 15.7. The number of anilines is 3. The molecule has 11 rings (SSSR count). The number of rotatable bonds is 14. The average Bonchev–Trinajstić information content (AvgIpc) is 4.21. The summed E-state index contributed by atoms with van der Waals surface area (Å²) in [5.74, 6) is -4.17. The molecule has 1 unspecified atom stereocenters. The second kappa shape index (κ2) is 22.5. The number of thiazole rings is 1. The standard InChI is InChI=1S/C58H59F3N10O7S/c1-35-38(39-17-19-48(63-51(39)55(75)78-56(76)58(59,60)61)71-27-23-37-9-5-11-40(43(37)34-71)53(73)65-57-62-44-13-3-4-16-47(44)79-57)10-7-15-46(35)77-32-8-24-68-28-30-69(31-29-68)33-36-21-25-70(26-22-36)45-14-6-12-41-50(66-67(2)52(41)45)42-18-20-49(72)64-54(42)74/h3-7,9-17,19,36,42H,8,18,20-34H2,1-2H3,(H,62,65,73)(H,64,72,74). The molecule has 2 N–H and O–H groups in total. The number of hydrogen-bond donors (Lipinski definition) is 2. The van der Waals surface area contributed by atoms with E-state index in [0.717, 1.165) is 115 Å². The van der Waals surface area contributed by atoms with Crippen molar-refractivity contribution in [2.45, 2.75) is 64.1 Å². The highest BCUT2D eigenvalue weighted by Crippen LogP contribution is 2.38. The molecule has 79 heavy (non-hydrogen) atoms. The smallest absolute Gasteiger partial charge is 0.491 e. The van der Waals surface area contributed by atoms with Gasteiger partial charge in [-0.25, -0.2) is 19.6 Å². The van der Waals surface area contributed by atoms with E-state index in [0.29, 0.717) is 65.9 Å². The van der Waals surface area contributed by atoms with E-state index in [-0.39, 0.29) is 35.6 Å². The van der Waals surface area contributed by atoms with Gasteiger partial charge in [0.2, 0.25) is 11.8 Å². The monoisotopic (exact) mass is 1100 g/mol. The molecule has 4 aliphatic heterocycles. The van der Waals surface area contributed by atoms with Gasteiger partial charge >= 0.3 is 18.1 Å². The van der Waals surface area contributed by atoms with Gasteiger partial charge in [0.1, 0.15) is 11.6 Å². The number of hydrogen-bond acceptors (Lipinski definition) is 15. The summed E-state index contributed by atoms with van der Waals surface area (Å²) in [7, 11) is 1.92. The van der Waals surface area contributed by atoms with Crippen LogP contribution in [0.3, 0.4) is 0 Å². The fourth-order valence-electron chi connectivity index (χ4n) is 11.5. The first-order chi connectivity index (χ1) is 38.1. The maximum atomic E-state index is 13.7. The predicted octanol–water partition coefficient (Wildman–Crippen LogP) is 8.44. The van der Waals surface area contributed by atoms with E-state index in [4.69, 9.17) is 9.84 Å². The van der Waals surface area contributed by atoms with E-state index in [1.807, 2.05) is 65.2 Å². The van der Waals surface area contributed by atoms with Gasteiger partial charge in [0.25, 0.3) is 5.91 Å². The number of aryl methyl sites for hydroxylation is 1. The molecular formula is C58H59F3N10O7S. The van der Waals surface area contributed by atoms with Crippen molar-refractivity contribution in [3.63, 3.8) is 0 Å². The minimum Gasteiger partial charge on any atom is -0.493 e. The van der Waals surface area contributed by atoms with Crippen LogP contribution in [0.2, 0.25) is 0 Å². The van der Waals surface area contributed by atoms with Crippen molar-refractivity contribution in [3.05, 3.63) is 125 Å². The molecule has 4 aromatic carbocycles. The lowest BCUT2D eigenvalue weighted by Gasteiger charge is -2.39. The van der Waals surface area contributed by atoms with Crippen LogP contribution in [0.1, 0.15) is 81.3 Å². The number of fused-ring (bicyclic) bond motifs is 3. The molecule has 3 saturated heterocycles. The highest BCUT2D eigenvalue weighted by atomic mass is 32.1. The summed E-state index contributed by atoms with van der Waals surface area (Å²) in [5, 5.41) is 11.6. The van der Waals surface area contributed by atoms with Crippen LogP contribution >= 0.6 is 11.3 Å². The number of carbonyl (C=O) groups is 5. The number of ether oxygens (including phenoxy) is 2. The van der Waals surface area contributed by atoms with E-state index in [2.05, 4.69) is 46.1 Å². The molecule has 0 radical (unpaired) electrons. The summed E-state index contributed by atoms with van der Waals surface area (Å²) in [5.41, 5.74) is 6.48. The van der Waals surface area contributed by atoms with Crippen LogP contribution in [0.15, 0.2) is 91.0 Å². The molecule has 4 aliphatic rings. The zero-order valence-corrected chi connectivity index (χ0v) is 44.6. The van der Waals surface area contributed by atoms with Crippen molar-refractivity contribution in [2.24, 2.45) is 13.0 Å². The average molecular weight is 1100 g/mol. The number of nitrogens with one attached hydrogen (secondary N) is 2. The highest BCUT2D eigenvalue weighted by molar-refractivity contribution is 7.22. The molecule has 0 saturated carbocycles. The molecule has 7 aromatic rings. The molecule has 17 nitrogen and oxygen atoms in total. The number of benzene rings is 4. The Hall–Kier alpha value is -7.75. The number of para-hydroxylation sites is 2. The third kappa shape index (κ3) is 11.4. The van der Waals surface area contributed by atoms with Crippen LogP contribution in [-0.2, 0) is 39.1 Å². The van der Waals surface area contributed by atoms with Gasteiger partial charge in [-0.2, -0.15) is 18.3 Å². The van der Waals surface area contributed by atoms with Crippen molar-refractivity contribution >= 4 is 78.8 Å². The lowest BCUT2D eigenvalue weighted by atomic mass is 9.92. The molecular weight excluding hydrogens is 1040 g/mol. The third-order valence-corrected chi connectivity index (χ3v) is 16.6. The number of pyridine rings is 1. The summed E-state index contributed by atoms with van der Waals surface area (Å²) in [6, 6.07) is 27.7. The van der Waals surface area contributed by atoms with Crippen LogP contribution in [0.5, 0.6) is 5.75 Å². The number of piperazine rings is 1. The molecule has 0 aliphatic carbocycles. The van der Waals surface area contributed by atoms with Gasteiger partial charge in [-0.05, 0) is 110 Å². The molecule has 7 heterocycles. The molecule has 0 spiro atoms. The van der Waals surface area contributed by atoms with E-state index >= 15 is 0 Å². The van der Waals surface area contributed by atoms with E-state index in [1.165, 1.54) is 11.3 Å². The summed E-state index contributed by atoms with van der Waals surface area (Å²) in [6.45, 7) is 10.4. The predicted molar refractivity (Wildman–Crippen MR) is 293 cm³/mol. The first-order valence-electron chi connectivity index (χ1n) is 26.7. The lowest BCUT2D eigenvalue weighted by molar-refractivity contribution is -0.193. The number of piperidine rings is 2. The lowest BCUT2D eigenvalue weighted by Crippen LogP contribution is -2.49. The van der Waals surface area contributed by atoms with Gasteiger partial charge < -0.3 is 29.1 Å². The molecule has 410 valence electrons. The zero-order chi connectivity index (χ0) is 55.0. The quantitative estimate of drug-likeness (QED) is 0.0458. The SMILES string of the molecule is Cc1c(OCCCN2CCN(CC3CCN(c4cccc5c(C6CCC(=O)NC6=O)nn(C)c45)CC3)CC2)cccc1-c1ccc(N2CCc3cccc(C(=O)Nc4nc5ccccc5s4)c3C2)nc1C(=O)OC(=O)C(F)(F)F. The Kier molecular flexibility index (Phi) is 15.2. The Balaban J connectivity index is 0.691. The highest BCUT2D eigenvalue weighted by Gasteiger charge is 2.43. The fraction of sp³-hybridized carbons (Fsp3) is 0.379. The second-order valence-electron chi connectivity index (χ2n) is 20.7. The number of aromatic nitrogens is 4. The Morgan fingerprint density at radius 1 is 0.810 bits per heavy atom. The Bertz CT molecular complexity index is 3460. The van der Waals surface area contributed by atoms with Crippen LogP contribution < -0.4 is 25.2 Å². The van der Waals surface area contributed by atoms with Crippen LogP contribution in [-0.4, -0.2) is 131 Å². The summed E-state index contributed by atoms with van der Waals surface area (Å²) >= 11 is 1.36. The summed E-state index contributed by atoms with van der Waals surface area (Å²) in [6.07, 6.45) is -1.25. The van der Waals surface area contributed by atoms with Crippen molar-refractivity contribution in [2.75, 3.05) is 80.6 Å². The normalized spacial score (nSPS) is 17.7. The van der Waals surface area contributed by atoms with Gasteiger partial charge in [0, 0.05) is 95.4 Å². The van der Waals surface area contributed by atoms with Crippen molar-refractivity contribution < 1.29 is 46.6 Å². The van der Waals surface area contributed by atoms with Gasteiger partial charge in [-0.3, -0.25) is 29.7 Å².